The Bertz CT molecular complexity index is 769. The average molecular weight is 475 g/mol. The van der Waals surface area contributed by atoms with Gasteiger partial charge in [0.15, 0.2) is 0 Å². The van der Waals surface area contributed by atoms with E-state index in [2.05, 4.69) is 34.6 Å². The fourth-order valence-corrected chi connectivity index (χ4v) is 10.9. The molecule has 0 saturated heterocycles. The van der Waals surface area contributed by atoms with E-state index >= 15 is 0 Å². The summed E-state index contributed by atoms with van der Waals surface area (Å²) in [6.07, 6.45) is 12.8. The van der Waals surface area contributed by atoms with Gasteiger partial charge in [0, 0.05) is 11.7 Å². The minimum atomic E-state index is -0.231. The lowest BCUT2D eigenvalue weighted by Crippen LogP contribution is -2.58. The molecule has 2 nitrogen and oxygen atoms in total. The number of allylic oxidation sites excluding steroid dienone is 1. The monoisotopic (exact) mass is 474 g/mol. The minimum Gasteiger partial charge on any atom is -0.512 e. The van der Waals surface area contributed by atoms with Crippen LogP contribution in [0.4, 0.5) is 0 Å². The highest BCUT2D eigenvalue weighted by atomic mass is 32.1. The van der Waals surface area contributed by atoms with Gasteiger partial charge in [-0.05, 0) is 122 Å². The molecule has 0 aromatic rings. The van der Waals surface area contributed by atoms with Gasteiger partial charge in [-0.2, -0.15) is 12.6 Å². The zero-order valence-corrected chi connectivity index (χ0v) is 22.8. The van der Waals surface area contributed by atoms with Gasteiger partial charge in [0.25, 0.3) is 0 Å². The molecule has 0 heterocycles. The van der Waals surface area contributed by atoms with E-state index in [-0.39, 0.29) is 6.10 Å². The van der Waals surface area contributed by atoms with Gasteiger partial charge < -0.3 is 10.2 Å². The standard InChI is InChI=1S/C30H50O2S/c1-17-10-11-29(4)21(12-17)13-18(2)28-24-7-6-23(30(24,5)19(3)14-25(28)29)27(33)9-8-26(32)20-15-22(31)16-20/h17-19,21-25,27-28,31-33H,6-16H2,1-5H3/t17?,18?,19?,21-,22?,23+,24-,25-,27-,28-,29-,30+/m0/s1. The van der Waals surface area contributed by atoms with Crippen LogP contribution in [0.3, 0.4) is 0 Å². The Hall–Kier alpha value is -0.150. The molecule has 0 amide bonds. The van der Waals surface area contributed by atoms with Crippen molar-refractivity contribution < 1.29 is 10.2 Å². The summed E-state index contributed by atoms with van der Waals surface area (Å²) in [4.78, 5) is 0. The Labute approximate surface area is 208 Å². The Morgan fingerprint density at radius 1 is 1.03 bits per heavy atom. The number of thiol groups is 1. The first-order chi connectivity index (χ1) is 15.6. The smallest absolute Gasteiger partial charge is 0.0916 e. The maximum absolute atomic E-state index is 10.5. The molecule has 0 radical (unpaired) electrons. The molecule has 3 heteroatoms. The Kier molecular flexibility index (Phi) is 6.51. The molecule has 0 aromatic carbocycles. The predicted molar refractivity (Wildman–Crippen MR) is 140 cm³/mol. The van der Waals surface area contributed by atoms with E-state index in [0.717, 1.165) is 59.8 Å². The summed E-state index contributed by atoms with van der Waals surface area (Å²) >= 11 is 5.20. The van der Waals surface area contributed by atoms with Crippen molar-refractivity contribution in [2.75, 3.05) is 0 Å². The molecule has 0 aliphatic heterocycles. The SMILES string of the molecule is CC1CC[C@@]2(C)[C@@H](C1)CC(C)[C@@H]1[C@@H]2CC(C)[C@]2(C)[C@@H]([C@@H](S)CCC(O)=C3CC(O)C3)CC[C@@H]12. The third-order valence-corrected chi connectivity index (χ3v) is 13.1. The van der Waals surface area contributed by atoms with Crippen LogP contribution in [-0.2, 0) is 0 Å². The van der Waals surface area contributed by atoms with Crippen molar-refractivity contribution in [1.29, 1.82) is 0 Å². The fraction of sp³-hybridized carbons (Fsp3) is 0.933. The van der Waals surface area contributed by atoms with E-state index < -0.39 is 0 Å². The first-order valence-corrected chi connectivity index (χ1v) is 14.8. The number of aliphatic hydroxyl groups is 2. The molecule has 5 aliphatic rings. The van der Waals surface area contributed by atoms with E-state index in [0.29, 0.717) is 40.6 Å². The van der Waals surface area contributed by atoms with Crippen molar-refractivity contribution in [3.8, 4) is 0 Å². The van der Waals surface area contributed by atoms with Gasteiger partial charge in [0.1, 0.15) is 0 Å². The summed E-state index contributed by atoms with van der Waals surface area (Å²) in [7, 11) is 0. The quantitative estimate of drug-likeness (QED) is 0.287. The maximum atomic E-state index is 10.5. The van der Waals surface area contributed by atoms with Crippen LogP contribution in [0.15, 0.2) is 11.3 Å². The normalized spacial score (nSPS) is 52.3. The van der Waals surface area contributed by atoms with E-state index in [9.17, 15) is 10.2 Å². The van der Waals surface area contributed by atoms with Gasteiger partial charge in [-0.15, -0.1) is 0 Å². The lowest BCUT2D eigenvalue weighted by molar-refractivity contribution is -0.159. The molecule has 0 spiro atoms. The van der Waals surface area contributed by atoms with Gasteiger partial charge in [-0.1, -0.05) is 41.0 Å². The van der Waals surface area contributed by atoms with Crippen molar-refractivity contribution in [3.63, 3.8) is 0 Å². The van der Waals surface area contributed by atoms with Gasteiger partial charge in [-0.25, -0.2) is 0 Å². The van der Waals surface area contributed by atoms with E-state index in [1.807, 2.05) is 0 Å². The summed E-state index contributed by atoms with van der Waals surface area (Å²) in [5.74, 6) is 7.39. The molecule has 0 aromatic heterocycles. The fourth-order valence-electron chi connectivity index (χ4n) is 10.3. The summed E-state index contributed by atoms with van der Waals surface area (Å²) in [5.41, 5.74) is 2.04. The summed E-state index contributed by atoms with van der Waals surface area (Å²) in [5, 5.41) is 20.4. The molecular weight excluding hydrogens is 424 g/mol. The molecule has 5 rings (SSSR count). The number of hydrogen-bond donors (Lipinski definition) is 3. The summed E-state index contributed by atoms with van der Waals surface area (Å²) < 4.78 is 0. The highest BCUT2D eigenvalue weighted by Gasteiger charge is 2.64. The second-order valence-electron chi connectivity index (χ2n) is 14.0. The molecule has 33 heavy (non-hydrogen) atoms. The molecule has 188 valence electrons. The van der Waals surface area contributed by atoms with Crippen molar-refractivity contribution in [2.24, 2.45) is 58.2 Å². The van der Waals surface area contributed by atoms with Gasteiger partial charge in [-0.3, -0.25) is 0 Å². The Morgan fingerprint density at radius 2 is 1.76 bits per heavy atom. The first-order valence-electron chi connectivity index (χ1n) is 14.3. The Balaban J connectivity index is 1.33. The largest absolute Gasteiger partial charge is 0.512 e. The van der Waals surface area contributed by atoms with Crippen molar-refractivity contribution in [2.45, 2.75) is 117 Å². The van der Waals surface area contributed by atoms with Crippen LogP contribution in [0.5, 0.6) is 0 Å². The maximum Gasteiger partial charge on any atom is 0.0916 e. The van der Waals surface area contributed by atoms with Gasteiger partial charge in [0.05, 0.1) is 11.9 Å². The topological polar surface area (TPSA) is 40.5 Å². The minimum absolute atomic E-state index is 0.231. The third kappa shape index (κ3) is 3.85. The second-order valence-corrected chi connectivity index (χ2v) is 14.7. The predicted octanol–water partition coefficient (Wildman–Crippen LogP) is 7.82. The average Bonchev–Trinajstić information content (AvgIpc) is 3.10. The molecule has 11 atom stereocenters. The molecule has 0 bridgehead atoms. The highest BCUT2D eigenvalue weighted by Crippen LogP contribution is 2.71. The first kappa shape index (κ1) is 24.5. The lowest BCUT2D eigenvalue weighted by atomic mass is 9.40. The van der Waals surface area contributed by atoms with E-state index in [1.165, 1.54) is 44.9 Å². The number of aliphatic hydroxyl groups excluding tert-OH is 2. The van der Waals surface area contributed by atoms with Crippen molar-refractivity contribution >= 4 is 12.6 Å². The molecule has 5 fully saturated rings. The van der Waals surface area contributed by atoms with Crippen LogP contribution < -0.4 is 0 Å². The van der Waals surface area contributed by atoms with Crippen LogP contribution in [0.2, 0.25) is 0 Å². The lowest BCUT2D eigenvalue weighted by Gasteiger charge is -2.65. The summed E-state index contributed by atoms with van der Waals surface area (Å²) in [6.45, 7) is 13.0. The number of rotatable bonds is 4. The zero-order valence-electron chi connectivity index (χ0n) is 21.9. The molecule has 2 N–H and O–H groups in total. The zero-order chi connectivity index (χ0) is 23.7. The highest BCUT2D eigenvalue weighted by molar-refractivity contribution is 7.81. The number of fused-ring (bicyclic) bond motifs is 5. The second kappa shape index (κ2) is 8.75. The molecule has 5 aliphatic carbocycles. The molecular formula is C30H50O2S. The third-order valence-electron chi connectivity index (χ3n) is 12.5. The van der Waals surface area contributed by atoms with Crippen LogP contribution >= 0.6 is 12.6 Å². The molecule has 3 unspecified atom stereocenters. The van der Waals surface area contributed by atoms with Crippen molar-refractivity contribution in [3.05, 3.63) is 11.3 Å². The van der Waals surface area contributed by atoms with Gasteiger partial charge >= 0.3 is 0 Å². The van der Waals surface area contributed by atoms with Crippen LogP contribution in [0.1, 0.15) is 105 Å². The van der Waals surface area contributed by atoms with Crippen LogP contribution in [-0.4, -0.2) is 21.6 Å². The van der Waals surface area contributed by atoms with Crippen LogP contribution in [0.25, 0.3) is 0 Å². The van der Waals surface area contributed by atoms with Gasteiger partial charge in [0.2, 0.25) is 0 Å². The molecule has 5 saturated carbocycles. The summed E-state index contributed by atoms with van der Waals surface area (Å²) in [6, 6.07) is 0. The number of hydrogen-bond acceptors (Lipinski definition) is 3. The Morgan fingerprint density at radius 3 is 2.45 bits per heavy atom. The van der Waals surface area contributed by atoms with Crippen molar-refractivity contribution in [1.82, 2.24) is 0 Å². The van der Waals surface area contributed by atoms with E-state index in [1.54, 1.807) is 0 Å². The van der Waals surface area contributed by atoms with E-state index in [4.69, 9.17) is 12.6 Å². The van der Waals surface area contributed by atoms with Crippen LogP contribution in [0, 0.1) is 58.2 Å².